The Morgan fingerprint density at radius 1 is 1.19 bits per heavy atom. The van der Waals surface area contributed by atoms with Gasteiger partial charge in [0.2, 0.25) is 11.8 Å². The van der Waals surface area contributed by atoms with Crippen molar-refractivity contribution in [3.05, 3.63) is 63.6 Å². The van der Waals surface area contributed by atoms with Crippen LogP contribution < -0.4 is 5.32 Å². The van der Waals surface area contributed by atoms with E-state index in [4.69, 9.17) is 23.2 Å². The maximum atomic E-state index is 13.7. The van der Waals surface area contributed by atoms with Crippen molar-refractivity contribution >= 4 is 40.7 Å². The minimum Gasteiger partial charge on any atom is -0.347 e. The Morgan fingerprint density at radius 3 is 2.61 bits per heavy atom. The number of unbranched alkanes of at least 4 members (excludes halogenated alkanes) is 1. The number of likely N-dealkylation sites (N-methyl/N-ethyl adjacent to an activating group) is 1. The van der Waals surface area contributed by atoms with Crippen LogP contribution in [0, 0.1) is 0 Å². The highest BCUT2D eigenvalue weighted by atomic mass is 35.5. The molecule has 3 unspecified atom stereocenters. The zero-order valence-electron chi connectivity index (χ0n) is 18.0. The van der Waals surface area contributed by atoms with Crippen molar-refractivity contribution < 1.29 is 9.59 Å². The highest BCUT2D eigenvalue weighted by Gasteiger charge is 2.63. The van der Waals surface area contributed by atoms with E-state index in [0.29, 0.717) is 16.6 Å². The fourth-order valence-corrected chi connectivity index (χ4v) is 5.51. The van der Waals surface area contributed by atoms with E-state index < -0.39 is 11.5 Å². The molecule has 2 aromatic carbocycles. The summed E-state index contributed by atoms with van der Waals surface area (Å²) in [4.78, 5) is 31.0. The van der Waals surface area contributed by atoms with Gasteiger partial charge in [0.05, 0.1) is 11.5 Å². The molecule has 31 heavy (non-hydrogen) atoms. The summed E-state index contributed by atoms with van der Waals surface area (Å²) >= 11 is 12.6. The first-order valence-corrected chi connectivity index (χ1v) is 11.4. The molecule has 0 saturated carbocycles. The summed E-state index contributed by atoms with van der Waals surface area (Å²) in [6, 6.07) is 12.6. The van der Waals surface area contributed by atoms with Gasteiger partial charge in [-0.15, -0.1) is 0 Å². The van der Waals surface area contributed by atoms with Gasteiger partial charge in [0, 0.05) is 42.3 Å². The van der Waals surface area contributed by atoms with E-state index >= 15 is 0 Å². The van der Waals surface area contributed by atoms with E-state index in [0.717, 1.165) is 36.2 Å². The fraction of sp³-hybridized carbons (Fsp3) is 0.417. The monoisotopic (exact) mass is 459 g/mol. The van der Waals surface area contributed by atoms with Crippen molar-refractivity contribution in [3.63, 3.8) is 0 Å². The van der Waals surface area contributed by atoms with E-state index in [1.54, 1.807) is 25.1 Å². The molecule has 2 heterocycles. The van der Waals surface area contributed by atoms with Crippen LogP contribution in [0.4, 0.5) is 5.69 Å². The average Bonchev–Trinajstić information content (AvgIpc) is 3.20. The number of hydrogen-bond donors (Lipinski definition) is 1. The van der Waals surface area contributed by atoms with Gasteiger partial charge in [-0.2, -0.15) is 0 Å². The summed E-state index contributed by atoms with van der Waals surface area (Å²) in [6.45, 7) is 3.34. The maximum Gasteiger partial charge on any atom is 0.240 e. The van der Waals surface area contributed by atoms with Crippen LogP contribution in [0.15, 0.2) is 42.5 Å². The lowest BCUT2D eigenvalue weighted by Gasteiger charge is -2.33. The molecule has 2 aromatic rings. The van der Waals surface area contributed by atoms with Gasteiger partial charge in [-0.05, 0) is 48.4 Å². The second-order valence-corrected chi connectivity index (χ2v) is 9.52. The largest absolute Gasteiger partial charge is 0.347 e. The lowest BCUT2D eigenvalue weighted by Crippen LogP contribution is -2.46. The molecule has 5 nitrogen and oxygen atoms in total. The molecule has 0 aliphatic carbocycles. The highest BCUT2D eigenvalue weighted by molar-refractivity contribution is 6.31. The van der Waals surface area contributed by atoms with Gasteiger partial charge in [-0.25, -0.2) is 0 Å². The van der Waals surface area contributed by atoms with E-state index in [9.17, 15) is 9.59 Å². The van der Waals surface area contributed by atoms with Crippen molar-refractivity contribution in [1.29, 1.82) is 0 Å². The van der Waals surface area contributed by atoms with Crippen LogP contribution in [0.3, 0.4) is 0 Å². The zero-order valence-corrected chi connectivity index (χ0v) is 19.5. The first kappa shape index (κ1) is 22.1. The van der Waals surface area contributed by atoms with Gasteiger partial charge < -0.3 is 10.2 Å². The fourth-order valence-electron chi connectivity index (χ4n) is 5.14. The number of nitrogens with one attached hydrogen (secondary N) is 1. The third-order valence-electron chi connectivity index (χ3n) is 6.51. The maximum absolute atomic E-state index is 13.7. The van der Waals surface area contributed by atoms with Crippen molar-refractivity contribution in [2.45, 2.75) is 37.1 Å². The minimum atomic E-state index is -0.894. The van der Waals surface area contributed by atoms with Crippen LogP contribution in [0.5, 0.6) is 0 Å². The van der Waals surface area contributed by atoms with Gasteiger partial charge >= 0.3 is 0 Å². The number of halogens is 2. The topological polar surface area (TPSA) is 52.7 Å². The third kappa shape index (κ3) is 3.63. The average molecular weight is 460 g/mol. The number of nitrogens with zero attached hydrogens (tertiary/aromatic N) is 2. The van der Waals surface area contributed by atoms with Crippen LogP contribution in [0.1, 0.15) is 36.8 Å². The van der Waals surface area contributed by atoms with Gasteiger partial charge in [-0.3, -0.25) is 14.5 Å². The number of amides is 2. The Morgan fingerprint density at radius 2 is 1.94 bits per heavy atom. The highest BCUT2D eigenvalue weighted by Crippen LogP contribution is 2.55. The standard InChI is InChI=1S/C24H27Cl2N3O2/c1-4-5-11-29-14-24(18-10-9-17(26)13-19(18)27-23(24)31)20(21(29)22(30)28(2)3)15-7-6-8-16(25)12-15/h6-10,12-13,20-21H,4-5,11,14H2,1-3H3,(H,27,31). The van der Waals surface area contributed by atoms with Gasteiger partial charge in [0.15, 0.2) is 0 Å². The van der Waals surface area contributed by atoms with Crippen LogP contribution in [0.2, 0.25) is 10.0 Å². The molecule has 1 saturated heterocycles. The van der Waals surface area contributed by atoms with E-state index in [1.165, 1.54) is 0 Å². The molecule has 3 atom stereocenters. The smallest absolute Gasteiger partial charge is 0.240 e. The van der Waals surface area contributed by atoms with Gasteiger partial charge in [-0.1, -0.05) is 54.7 Å². The molecule has 2 amide bonds. The molecule has 1 spiro atoms. The number of anilines is 1. The Kier molecular flexibility index (Phi) is 6.03. The second kappa shape index (κ2) is 8.45. The molecule has 0 radical (unpaired) electrons. The molecule has 2 aliphatic heterocycles. The Labute approximate surface area is 193 Å². The lowest BCUT2D eigenvalue weighted by molar-refractivity contribution is -0.134. The minimum absolute atomic E-state index is 0.00633. The first-order valence-electron chi connectivity index (χ1n) is 10.6. The second-order valence-electron chi connectivity index (χ2n) is 8.65. The normalized spacial score (nSPS) is 25.0. The number of likely N-dealkylation sites (tertiary alicyclic amines) is 1. The number of benzene rings is 2. The Hall–Kier alpha value is -2.08. The van der Waals surface area contributed by atoms with Crippen LogP contribution >= 0.6 is 23.2 Å². The van der Waals surface area contributed by atoms with E-state index in [-0.39, 0.29) is 17.7 Å². The number of hydrogen-bond acceptors (Lipinski definition) is 3. The Bertz CT molecular complexity index is 1030. The van der Waals surface area contributed by atoms with E-state index in [2.05, 4.69) is 17.1 Å². The van der Waals surface area contributed by atoms with Crippen LogP contribution in [0.25, 0.3) is 0 Å². The summed E-state index contributed by atoms with van der Waals surface area (Å²) < 4.78 is 0. The van der Waals surface area contributed by atoms with Crippen molar-refractivity contribution in [2.24, 2.45) is 0 Å². The van der Waals surface area contributed by atoms with Crippen LogP contribution in [-0.4, -0.2) is 54.8 Å². The van der Waals surface area contributed by atoms with Crippen molar-refractivity contribution in [3.8, 4) is 0 Å². The molecular formula is C24H27Cl2N3O2. The summed E-state index contributed by atoms with van der Waals surface area (Å²) in [5, 5.41) is 4.20. The molecule has 164 valence electrons. The number of fused-ring (bicyclic) bond motifs is 2. The molecule has 2 aliphatic rings. The van der Waals surface area contributed by atoms with Crippen LogP contribution in [-0.2, 0) is 15.0 Å². The molecule has 4 rings (SSSR count). The van der Waals surface area contributed by atoms with Crippen molar-refractivity contribution in [1.82, 2.24) is 9.80 Å². The first-order chi connectivity index (χ1) is 14.8. The lowest BCUT2D eigenvalue weighted by atomic mass is 9.68. The van der Waals surface area contributed by atoms with Crippen molar-refractivity contribution in [2.75, 3.05) is 32.5 Å². The number of carbonyl (C=O) groups is 2. The summed E-state index contributed by atoms with van der Waals surface area (Å²) in [7, 11) is 3.53. The Balaban J connectivity index is 1.95. The van der Waals surface area contributed by atoms with E-state index in [1.807, 2.05) is 36.4 Å². The zero-order chi connectivity index (χ0) is 22.3. The number of carbonyl (C=O) groups excluding carboxylic acids is 2. The predicted molar refractivity (Wildman–Crippen MR) is 125 cm³/mol. The molecule has 1 N–H and O–H groups in total. The predicted octanol–water partition coefficient (Wildman–Crippen LogP) is 4.54. The summed E-state index contributed by atoms with van der Waals surface area (Å²) in [5.41, 5.74) is 1.61. The molecule has 1 fully saturated rings. The molecule has 7 heteroatoms. The summed E-state index contributed by atoms with van der Waals surface area (Å²) in [5.74, 6) is -0.473. The summed E-state index contributed by atoms with van der Waals surface area (Å²) in [6.07, 6.45) is 1.96. The third-order valence-corrected chi connectivity index (χ3v) is 6.98. The molecule has 0 aromatic heterocycles. The molecule has 0 bridgehead atoms. The van der Waals surface area contributed by atoms with Gasteiger partial charge in [0.1, 0.15) is 0 Å². The van der Waals surface area contributed by atoms with Gasteiger partial charge in [0.25, 0.3) is 0 Å². The number of rotatable bonds is 5. The SMILES string of the molecule is CCCCN1CC2(C(=O)Nc3cc(Cl)ccc32)C(c2cccc(Cl)c2)C1C(=O)N(C)C. The molecular weight excluding hydrogens is 433 g/mol. The quantitative estimate of drug-likeness (QED) is 0.713.